The smallest absolute Gasteiger partial charge is 0.270 e. The fraction of sp³-hybridized carbons (Fsp3) is 0.0952. The SMILES string of the molecule is CN(C)C(=O)c1ccc(N2C(=O)c3cccc4cc([N+](=O)[O-])cc(c34)C2=O)cc1. The fourth-order valence-corrected chi connectivity index (χ4v) is 3.44. The Bertz CT molecular complexity index is 1210. The van der Waals surface area contributed by atoms with Gasteiger partial charge in [-0.2, -0.15) is 0 Å². The first kappa shape index (κ1) is 18.3. The molecule has 3 amide bonds. The van der Waals surface area contributed by atoms with E-state index in [1.807, 2.05) is 0 Å². The molecule has 0 fully saturated rings. The van der Waals surface area contributed by atoms with Gasteiger partial charge in [0.2, 0.25) is 0 Å². The summed E-state index contributed by atoms with van der Waals surface area (Å²) >= 11 is 0. The summed E-state index contributed by atoms with van der Waals surface area (Å²) in [6.45, 7) is 0. The average Bonchev–Trinajstić information content (AvgIpc) is 2.71. The van der Waals surface area contributed by atoms with Crippen LogP contribution >= 0.6 is 0 Å². The normalized spacial score (nSPS) is 13.0. The number of carbonyl (C=O) groups excluding carboxylic acids is 3. The van der Waals surface area contributed by atoms with Gasteiger partial charge in [-0.15, -0.1) is 0 Å². The van der Waals surface area contributed by atoms with Crippen molar-refractivity contribution in [3.63, 3.8) is 0 Å². The van der Waals surface area contributed by atoms with Crippen molar-refractivity contribution < 1.29 is 19.3 Å². The van der Waals surface area contributed by atoms with Gasteiger partial charge in [0.15, 0.2) is 0 Å². The van der Waals surface area contributed by atoms with Crippen LogP contribution in [0.15, 0.2) is 54.6 Å². The summed E-state index contributed by atoms with van der Waals surface area (Å²) in [6, 6.07) is 13.5. The molecular weight excluding hydrogens is 374 g/mol. The Hall–Kier alpha value is -4.07. The summed E-state index contributed by atoms with van der Waals surface area (Å²) in [6.07, 6.45) is 0. The zero-order valence-electron chi connectivity index (χ0n) is 15.6. The van der Waals surface area contributed by atoms with Crippen molar-refractivity contribution in [1.82, 2.24) is 4.90 Å². The Kier molecular flexibility index (Phi) is 4.11. The molecule has 0 radical (unpaired) electrons. The van der Waals surface area contributed by atoms with E-state index in [0.717, 1.165) is 4.90 Å². The van der Waals surface area contributed by atoms with E-state index in [9.17, 15) is 24.5 Å². The highest BCUT2D eigenvalue weighted by Crippen LogP contribution is 2.35. The quantitative estimate of drug-likeness (QED) is 0.389. The summed E-state index contributed by atoms with van der Waals surface area (Å²) in [5, 5.41) is 12.1. The molecule has 0 spiro atoms. The Morgan fingerprint density at radius 3 is 2.24 bits per heavy atom. The van der Waals surface area contributed by atoms with Gasteiger partial charge in [0.25, 0.3) is 23.4 Å². The molecule has 0 aromatic heterocycles. The minimum Gasteiger partial charge on any atom is -0.345 e. The Morgan fingerprint density at radius 2 is 1.62 bits per heavy atom. The number of anilines is 1. The lowest BCUT2D eigenvalue weighted by Gasteiger charge is -2.27. The van der Waals surface area contributed by atoms with E-state index in [-0.39, 0.29) is 22.8 Å². The van der Waals surface area contributed by atoms with Gasteiger partial charge in [-0.05, 0) is 35.7 Å². The van der Waals surface area contributed by atoms with Crippen molar-refractivity contribution in [3.8, 4) is 0 Å². The first-order chi connectivity index (χ1) is 13.8. The second-order valence-corrected chi connectivity index (χ2v) is 6.85. The molecule has 8 heteroatoms. The summed E-state index contributed by atoms with van der Waals surface area (Å²) in [5.41, 5.74) is 0.857. The molecule has 0 bridgehead atoms. The van der Waals surface area contributed by atoms with E-state index < -0.39 is 16.7 Å². The second-order valence-electron chi connectivity index (χ2n) is 6.85. The van der Waals surface area contributed by atoms with Crippen LogP contribution in [0.5, 0.6) is 0 Å². The highest BCUT2D eigenvalue weighted by atomic mass is 16.6. The average molecular weight is 389 g/mol. The molecule has 0 N–H and O–H groups in total. The lowest BCUT2D eigenvalue weighted by molar-refractivity contribution is -0.384. The van der Waals surface area contributed by atoms with Gasteiger partial charge in [0, 0.05) is 42.7 Å². The van der Waals surface area contributed by atoms with Crippen LogP contribution in [0, 0.1) is 10.1 Å². The third-order valence-electron chi connectivity index (χ3n) is 4.82. The minimum atomic E-state index is -0.644. The molecule has 29 heavy (non-hydrogen) atoms. The van der Waals surface area contributed by atoms with Gasteiger partial charge < -0.3 is 4.90 Å². The molecule has 4 rings (SSSR count). The number of rotatable bonds is 3. The topological polar surface area (TPSA) is 101 Å². The predicted molar refractivity (Wildman–Crippen MR) is 106 cm³/mol. The monoisotopic (exact) mass is 389 g/mol. The maximum absolute atomic E-state index is 13.1. The van der Waals surface area contributed by atoms with Crippen molar-refractivity contribution in [2.24, 2.45) is 0 Å². The molecular formula is C21H15N3O5. The summed E-state index contributed by atoms with van der Waals surface area (Å²) in [5.74, 6) is -1.37. The highest BCUT2D eigenvalue weighted by Gasteiger charge is 2.35. The van der Waals surface area contributed by atoms with E-state index >= 15 is 0 Å². The van der Waals surface area contributed by atoms with Crippen LogP contribution < -0.4 is 4.90 Å². The summed E-state index contributed by atoms with van der Waals surface area (Å²) in [4.78, 5) is 51.3. The van der Waals surface area contributed by atoms with Gasteiger partial charge >= 0.3 is 0 Å². The van der Waals surface area contributed by atoms with Crippen molar-refractivity contribution in [2.75, 3.05) is 19.0 Å². The third kappa shape index (κ3) is 2.82. The van der Waals surface area contributed by atoms with E-state index in [2.05, 4.69) is 0 Å². The molecule has 144 valence electrons. The summed E-state index contributed by atoms with van der Waals surface area (Å²) < 4.78 is 0. The van der Waals surface area contributed by atoms with Crippen LogP contribution in [0.1, 0.15) is 31.1 Å². The maximum atomic E-state index is 13.1. The van der Waals surface area contributed by atoms with E-state index in [1.54, 1.807) is 32.3 Å². The Labute approximate surface area is 165 Å². The molecule has 1 aliphatic rings. The van der Waals surface area contributed by atoms with E-state index in [0.29, 0.717) is 21.9 Å². The zero-order chi connectivity index (χ0) is 20.9. The molecule has 0 unspecified atom stereocenters. The number of amides is 3. The number of imide groups is 1. The van der Waals surface area contributed by atoms with Gasteiger partial charge in [0.1, 0.15) is 0 Å². The number of non-ortho nitro benzene ring substituents is 1. The molecule has 0 saturated carbocycles. The number of carbonyl (C=O) groups is 3. The van der Waals surface area contributed by atoms with Crippen LogP contribution in [0.3, 0.4) is 0 Å². The first-order valence-electron chi connectivity index (χ1n) is 8.71. The zero-order valence-corrected chi connectivity index (χ0v) is 15.6. The maximum Gasteiger partial charge on any atom is 0.270 e. The molecule has 8 nitrogen and oxygen atoms in total. The van der Waals surface area contributed by atoms with Gasteiger partial charge in [-0.3, -0.25) is 24.5 Å². The largest absolute Gasteiger partial charge is 0.345 e. The standard InChI is InChI=1S/C21H15N3O5/c1-22(2)19(25)12-6-8-14(9-7-12)23-20(26)16-5-3-4-13-10-15(24(28)29)11-17(18(13)16)21(23)27/h3-11H,1-2H3. The van der Waals surface area contributed by atoms with Crippen LogP contribution in [0.25, 0.3) is 10.8 Å². The van der Waals surface area contributed by atoms with Crippen molar-refractivity contribution in [3.05, 3.63) is 81.4 Å². The molecule has 0 saturated heterocycles. The van der Waals surface area contributed by atoms with Gasteiger partial charge in [-0.1, -0.05) is 12.1 Å². The molecule has 0 aliphatic carbocycles. The summed E-state index contributed by atoms with van der Waals surface area (Å²) in [7, 11) is 3.25. The van der Waals surface area contributed by atoms with Crippen LogP contribution in [-0.4, -0.2) is 41.6 Å². The Morgan fingerprint density at radius 1 is 0.966 bits per heavy atom. The van der Waals surface area contributed by atoms with Gasteiger partial charge in [-0.25, -0.2) is 4.90 Å². The Balaban J connectivity index is 1.85. The van der Waals surface area contributed by atoms with E-state index in [4.69, 9.17) is 0 Å². The molecule has 1 heterocycles. The number of benzene rings is 3. The lowest BCUT2D eigenvalue weighted by atomic mass is 9.93. The van der Waals surface area contributed by atoms with Crippen molar-refractivity contribution >= 4 is 39.9 Å². The number of nitro benzene ring substituents is 1. The van der Waals surface area contributed by atoms with E-state index in [1.165, 1.54) is 41.3 Å². The fourth-order valence-electron chi connectivity index (χ4n) is 3.44. The lowest BCUT2D eigenvalue weighted by Crippen LogP contribution is -2.40. The van der Waals surface area contributed by atoms with Crippen molar-refractivity contribution in [1.29, 1.82) is 0 Å². The van der Waals surface area contributed by atoms with Crippen LogP contribution in [0.2, 0.25) is 0 Å². The molecule has 3 aromatic rings. The number of hydrogen-bond donors (Lipinski definition) is 0. The number of nitrogens with zero attached hydrogens (tertiary/aromatic N) is 3. The third-order valence-corrected chi connectivity index (χ3v) is 4.82. The van der Waals surface area contributed by atoms with Crippen molar-refractivity contribution in [2.45, 2.75) is 0 Å². The minimum absolute atomic E-state index is 0.0952. The number of nitro groups is 1. The molecule has 1 aliphatic heterocycles. The number of hydrogen-bond acceptors (Lipinski definition) is 5. The predicted octanol–water partition coefficient (Wildman–Crippen LogP) is 3.25. The van der Waals surface area contributed by atoms with Crippen LogP contribution in [0.4, 0.5) is 11.4 Å². The van der Waals surface area contributed by atoms with Crippen LogP contribution in [-0.2, 0) is 0 Å². The molecule has 0 atom stereocenters. The van der Waals surface area contributed by atoms with Gasteiger partial charge in [0.05, 0.1) is 16.2 Å². The second kappa shape index (κ2) is 6.52. The highest BCUT2D eigenvalue weighted by molar-refractivity contribution is 6.36. The first-order valence-corrected chi connectivity index (χ1v) is 8.71. The molecule has 3 aromatic carbocycles.